The number of ether oxygens (including phenoxy) is 3. The van der Waals surface area contributed by atoms with Gasteiger partial charge < -0.3 is 28.9 Å². The van der Waals surface area contributed by atoms with Gasteiger partial charge in [0.15, 0.2) is 0 Å². The van der Waals surface area contributed by atoms with Gasteiger partial charge in [0, 0.05) is 6.42 Å². The average molecular weight is 743 g/mol. The van der Waals surface area contributed by atoms with Crippen LogP contribution in [0.25, 0.3) is 0 Å². The number of quaternary nitrogens is 1. The van der Waals surface area contributed by atoms with Gasteiger partial charge in [-0.2, -0.15) is 0 Å². The highest BCUT2D eigenvalue weighted by atomic mass is 16.7. The minimum Gasteiger partial charge on any atom is -0.477 e. The van der Waals surface area contributed by atoms with E-state index in [4.69, 9.17) is 14.2 Å². The molecule has 0 aromatic carbocycles. The number of carbonyl (C=O) groups excluding carboxylic acids is 1. The van der Waals surface area contributed by atoms with Gasteiger partial charge >= 0.3 is 11.9 Å². The fourth-order valence-corrected chi connectivity index (χ4v) is 6.60. The zero-order valence-corrected chi connectivity index (χ0v) is 35.0. The lowest BCUT2D eigenvalue weighted by atomic mass is 10.0. The summed E-state index contributed by atoms with van der Waals surface area (Å²) in [4.78, 5) is 23.3. The van der Waals surface area contributed by atoms with E-state index < -0.39 is 18.4 Å². The third-order valence-electron chi connectivity index (χ3n) is 10.1. The second-order valence-electron chi connectivity index (χ2n) is 16.6. The monoisotopic (exact) mass is 743 g/mol. The van der Waals surface area contributed by atoms with Gasteiger partial charge in [-0.1, -0.05) is 200 Å². The zero-order chi connectivity index (χ0) is 38.4. The fourth-order valence-electron chi connectivity index (χ4n) is 6.60. The normalized spacial score (nSPS) is 13.0. The molecule has 0 aliphatic rings. The van der Waals surface area contributed by atoms with Crippen LogP contribution < -0.4 is 0 Å². The molecule has 0 spiro atoms. The number of aliphatic hydroxyl groups excluding tert-OH is 1. The molecule has 0 aromatic rings. The molecule has 52 heavy (non-hydrogen) atoms. The van der Waals surface area contributed by atoms with Crippen molar-refractivity contribution < 1.29 is 38.5 Å². The largest absolute Gasteiger partial charge is 0.477 e. The Morgan fingerprint density at radius 2 is 0.827 bits per heavy atom. The number of carbonyl (C=O) groups is 2. The van der Waals surface area contributed by atoms with Crippen molar-refractivity contribution in [2.45, 2.75) is 225 Å². The Labute approximate surface area is 322 Å². The maximum atomic E-state index is 12.0. The van der Waals surface area contributed by atoms with Crippen LogP contribution in [0.2, 0.25) is 0 Å². The molecule has 2 unspecified atom stereocenters. The Morgan fingerprint density at radius 1 is 0.500 bits per heavy atom. The third-order valence-corrected chi connectivity index (χ3v) is 10.1. The standard InChI is InChI=1S/C44H87NO7/c1-5-6-7-8-9-10-11-12-13-14-15-16-17-18-19-20-21-22-23-24-25-26-27-28-29-30-31-32-33-34-35-36-42(47)51-39-41(46)40-52-44(43(48)49)50-38-37-45(2,3)4/h41,44,46H,5-40H2,1-4H3/p+1. The van der Waals surface area contributed by atoms with E-state index >= 15 is 0 Å². The first-order chi connectivity index (χ1) is 25.2. The van der Waals surface area contributed by atoms with Gasteiger partial charge in [0.1, 0.15) is 19.3 Å². The van der Waals surface area contributed by atoms with Crippen LogP contribution in [0.5, 0.6) is 0 Å². The first-order valence-electron chi connectivity index (χ1n) is 22.3. The second kappa shape index (κ2) is 38.1. The molecule has 0 amide bonds. The summed E-state index contributed by atoms with van der Waals surface area (Å²) in [6.45, 7) is 2.63. The molecular formula is C44H88NO7+. The summed E-state index contributed by atoms with van der Waals surface area (Å²) < 4.78 is 16.2. The number of hydrogen-bond donors (Lipinski definition) is 2. The van der Waals surface area contributed by atoms with Gasteiger partial charge in [0.05, 0.1) is 34.4 Å². The van der Waals surface area contributed by atoms with Crippen molar-refractivity contribution in [3.8, 4) is 0 Å². The third kappa shape index (κ3) is 40.0. The topological polar surface area (TPSA) is 102 Å². The van der Waals surface area contributed by atoms with Crippen LogP contribution in [0.4, 0.5) is 0 Å². The maximum absolute atomic E-state index is 12.0. The highest BCUT2D eigenvalue weighted by molar-refractivity contribution is 5.70. The van der Waals surface area contributed by atoms with Crippen LogP contribution >= 0.6 is 0 Å². The number of carboxylic acids is 1. The van der Waals surface area contributed by atoms with Gasteiger partial charge in [-0.15, -0.1) is 0 Å². The zero-order valence-electron chi connectivity index (χ0n) is 35.0. The lowest BCUT2D eigenvalue weighted by molar-refractivity contribution is -0.870. The summed E-state index contributed by atoms with van der Waals surface area (Å²) in [5.41, 5.74) is 0. The van der Waals surface area contributed by atoms with Crippen molar-refractivity contribution in [1.29, 1.82) is 0 Å². The van der Waals surface area contributed by atoms with Crippen molar-refractivity contribution >= 4 is 11.9 Å². The van der Waals surface area contributed by atoms with Gasteiger partial charge in [-0.25, -0.2) is 4.79 Å². The molecule has 0 radical (unpaired) electrons. The maximum Gasteiger partial charge on any atom is 0.361 e. The lowest BCUT2D eigenvalue weighted by Gasteiger charge is -2.24. The van der Waals surface area contributed by atoms with Crippen molar-refractivity contribution in [2.75, 3.05) is 47.5 Å². The summed E-state index contributed by atoms with van der Waals surface area (Å²) in [5.74, 6) is -1.60. The summed E-state index contributed by atoms with van der Waals surface area (Å²) >= 11 is 0. The molecule has 0 heterocycles. The van der Waals surface area contributed by atoms with E-state index in [2.05, 4.69) is 6.92 Å². The fraction of sp³-hybridized carbons (Fsp3) is 0.955. The predicted octanol–water partition coefficient (Wildman–Crippen LogP) is 11.5. The number of carboxylic acid groups (broad SMARTS) is 1. The molecular weight excluding hydrogens is 654 g/mol. The number of rotatable bonds is 42. The molecule has 0 fully saturated rings. The Hall–Kier alpha value is -1.22. The van der Waals surface area contributed by atoms with E-state index in [-0.39, 0.29) is 25.8 Å². The first-order valence-corrected chi connectivity index (χ1v) is 22.3. The number of unbranched alkanes of at least 4 members (excludes halogenated alkanes) is 30. The van der Waals surface area contributed by atoms with E-state index in [1.165, 1.54) is 180 Å². The minimum absolute atomic E-state index is 0.214. The Kier molecular flexibility index (Phi) is 37.2. The van der Waals surface area contributed by atoms with E-state index in [0.29, 0.717) is 17.4 Å². The van der Waals surface area contributed by atoms with Crippen LogP contribution in [0.3, 0.4) is 0 Å². The van der Waals surface area contributed by atoms with E-state index in [1.54, 1.807) is 0 Å². The number of aliphatic hydroxyl groups is 1. The molecule has 310 valence electrons. The molecule has 0 saturated carbocycles. The van der Waals surface area contributed by atoms with Crippen LogP contribution in [-0.2, 0) is 23.8 Å². The van der Waals surface area contributed by atoms with E-state index in [1.807, 2.05) is 21.1 Å². The van der Waals surface area contributed by atoms with Crippen LogP contribution in [0.15, 0.2) is 0 Å². The molecule has 0 aromatic heterocycles. The van der Waals surface area contributed by atoms with Crippen LogP contribution in [0.1, 0.15) is 212 Å². The van der Waals surface area contributed by atoms with Gasteiger partial charge in [-0.3, -0.25) is 4.79 Å². The molecule has 2 N–H and O–H groups in total. The first kappa shape index (κ1) is 50.8. The molecule has 0 aliphatic heterocycles. The summed E-state index contributed by atoms with van der Waals surface area (Å²) in [7, 11) is 5.93. The summed E-state index contributed by atoms with van der Waals surface area (Å²) in [5, 5.41) is 19.3. The number of esters is 1. The molecule has 0 rings (SSSR count). The van der Waals surface area contributed by atoms with Gasteiger partial charge in [0.2, 0.25) is 0 Å². The Balaban J connectivity index is 3.34. The summed E-state index contributed by atoms with van der Waals surface area (Å²) in [6.07, 6.45) is 40.3. The molecule has 8 heteroatoms. The van der Waals surface area contributed by atoms with Crippen molar-refractivity contribution in [2.24, 2.45) is 0 Å². The highest BCUT2D eigenvalue weighted by Crippen LogP contribution is 2.17. The number of aliphatic carboxylic acids is 1. The molecule has 0 aliphatic carbocycles. The smallest absolute Gasteiger partial charge is 0.361 e. The number of nitrogens with zero attached hydrogens (tertiary/aromatic N) is 1. The SMILES string of the molecule is CCCCCCCCCCCCCCCCCCCCCCCCCCCCCCCCCC(=O)OCC(O)COC(OCC[N+](C)(C)C)C(=O)O. The summed E-state index contributed by atoms with van der Waals surface area (Å²) in [6, 6.07) is 0. The van der Waals surface area contributed by atoms with E-state index in [9.17, 15) is 19.8 Å². The van der Waals surface area contributed by atoms with Crippen molar-refractivity contribution in [3.05, 3.63) is 0 Å². The van der Waals surface area contributed by atoms with Crippen molar-refractivity contribution in [1.82, 2.24) is 0 Å². The predicted molar refractivity (Wildman–Crippen MR) is 217 cm³/mol. The quantitative estimate of drug-likeness (QED) is 0.0278. The van der Waals surface area contributed by atoms with Crippen LogP contribution in [0, 0.1) is 0 Å². The Bertz CT molecular complexity index is 772. The Morgan fingerprint density at radius 3 is 1.13 bits per heavy atom. The van der Waals surface area contributed by atoms with Gasteiger partial charge in [0.25, 0.3) is 6.29 Å². The van der Waals surface area contributed by atoms with E-state index in [0.717, 1.165) is 19.3 Å². The van der Waals surface area contributed by atoms with Gasteiger partial charge in [-0.05, 0) is 6.42 Å². The second-order valence-corrected chi connectivity index (χ2v) is 16.6. The minimum atomic E-state index is -1.46. The molecule has 8 nitrogen and oxygen atoms in total. The van der Waals surface area contributed by atoms with Crippen molar-refractivity contribution in [3.63, 3.8) is 0 Å². The highest BCUT2D eigenvalue weighted by Gasteiger charge is 2.22. The average Bonchev–Trinajstić information content (AvgIpc) is 3.10. The molecule has 0 saturated heterocycles. The lowest BCUT2D eigenvalue weighted by Crippen LogP contribution is -2.40. The number of likely N-dealkylation sites (N-methyl/N-ethyl adjacent to an activating group) is 1. The molecule has 0 bridgehead atoms. The number of hydrogen-bond acceptors (Lipinski definition) is 6. The van der Waals surface area contributed by atoms with Crippen LogP contribution in [-0.4, -0.2) is 86.5 Å². The molecule has 2 atom stereocenters.